The van der Waals surface area contributed by atoms with Gasteiger partial charge in [0.15, 0.2) is 0 Å². The number of ether oxygens (including phenoxy) is 1. The van der Waals surface area contributed by atoms with E-state index in [0.29, 0.717) is 24.9 Å². The number of carbonyl (C=O) groups excluding carboxylic acids is 1. The highest BCUT2D eigenvalue weighted by molar-refractivity contribution is 5.89. The number of hydrogen-bond donors (Lipinski definition) is 2. The fourth-order valence-electron chi connectivity index (χ4n) is 4.78. The number of carbonyl (C=O) groups is 1. The van der Waals surface area contributed by atoms with Crippen molar-refractivity contribution < 1.29 is 22.7 Å². The number of nitrogens with zero attached hydrogens (tertiary/aromatic N) is 4. The molecule has 0 bridgehead atoms. The van der Waals surface area contributed by atoms with E-state index in [4.69, 9.17) is 5.73 Å². The van der Waals surface area contributed by atoms with Gasteiger partial charge in [-0.15, -0.1) is 0 Å². The van der Waals surface area contributed by atoms with Crippen LogP contribution in [0.15, 0.2) is 41.3 Å². The molecule has 3 N–H and O–H groups in total. The first-order valence-electron chi connectivity index (χ1n) is 13.1. The molecule has 12 heteroatoms. The monoisotopic (exact) mass is 546 g/mol. The van der Waals surface area contributed by atoms with Crippen molar-refractivity contribution in [2.75, 3.05) is 30.7 Å². The van der Waals surface area contributed by atoms with Crippen LogP contribution in [0.4, 0.5) is 24.9 Å². The van der Waals surface area contributed by atoms with Crippen LogP contribution in [0.25, 0.3) is 10.9 Å². The van der Waals surface area contributed by atoms with E-state index in [0.717, 1.165) is 25.2 Å². The zero-order valence-corrected chi connectivity index (χ0v) is 21.8. The lowest BCUT2D eigenvalue weighted by atomic mass is 10.1. The average Bonchev–Trinajstić information content (AvgIpc) is 3.39. The maximum Gasteiger partial charge on any atom is 0.490 e. The summed E-state index contributed by atoms with van der Waals surface area (Å²) in [5, 5.41) is 3.36. The maximum atomic E-state index is 13.5. The predicted octanol–water partition coefficient (Wildman–Crippen LogP) is 4.09. The molecule has 1 fully saturated rings. The number of benzene rings is 1. The van der Waals surface area contributed by atoms with Gasteiger partial charge < -0.3 is 20.4 Å². The Hall–Kier alpha value is -3.67. The second-order valence-corrected chi connectivity index (χ2v) is 9.79. The molecule has 2 aromatic heterocycles. The molecule has 4 rings (SSSR count). The van der Waals surface area contributed by atoms with Gasteiger partial charge in [-0.05, 0) is 49.5 Å². The normalized spacial score (nSPS) is 15.0. The fraction of sp³-hybridized carbons (Fsp3) is 0.481. The molecular weight excluding hydrogens is 513 g/mol. The molecule has 0 aliphatic carbocycles. The molecule has 3 aromatic rings. The summed E-state index contributed by atoms with van der Waals surface area (Å²) in [7, 11) is 0. The molecule has 39 heavy (non-hydrogen) atoms. The second kappa shape index (κ2) is 12.5. The molecule has 1 aliphatic heterocycles. The molecule has 0 radical (unpaired) electrons. The first-order valence-corrected chi connectivity index (χ1v) is 13.1. The quantitative estimate of drug-likeness (QED) is 0.346. The molecule has 1 aromatic carbocycles. The first kappa shape index (κ1) is 28.3. The van der Waals surface area contributed by atoms with Crippen molar-refractivity contribution in [1.82, 2.24) is 19.4 Å². The zero-order valence-electron chi connectivity index (χ0n) is 21.8. The van der Waals surface area contributed by atoms with Crippen LogP contribution < -0.4 is 16.6 Å². The minimum atomic E-state index is -5.05. The van der Waals surface area contributed by atoms with E-state index in [1.807, 2.05) is 19.1 Å². The molecule has 1 aliphatic rings. The highest BCUT2D eigenvalue weighted by Crippen LogP contribution is 2.22. The van der Waals surface area contributed by atoms with Crippen molar-refractivity contribution in [3.8, 4) is 0 Å². The lowest BCUT2D eigenvalue weighted by Gasteiger charge is -2.20. The number of pyridine rings is 1. The van der Waals surface area contributed by atoms with Crippen molar-refractivity contribution in [2.45, 2.75) is 64.3 Å². The van der Waals surface area contributed by atoms with E-state index in [1.54, 1.807) is 16.8 Å². The highest BCUT2D eigenvalue weighted by Gasteiger charge is 2.40. The number of aromatic nitrogens is 3. The Kier molecular flexibility index (Phi) is 9.05. The lowest BCUT2D eigenvalue weighted by molar-refractivity contribution is -0.199. The molecule has 9 nitrogen and oxygen atoms in total. The van der Waals surface area contributed by atoms with Crippen LogP contribution in [0.5, 0.6) is 0 Å². The molecule has 0 amide bonds. The zero-order chi connectivity index (χ0) is 28.0. The number of likely N-dealkylation sites (tertiary alicyclic amines) is 1. The number of nitrogen functional groups attached to an aromatic ring is 1. The van der Waals surface area contributed by atoms with Crippen LogP contribution in [0.1, 0.15) is 50.2 Å². The summed E-state index contributed by atoms with van der Waals surface area (Å²) < 4.78 is 43.3. The first-order chi connectivity index (χ1) is 18.6. The topological polar surface area (TPSA) is 115 Å². The van der Waals surface area contributed by atoms with Gasteiger partial charge in [0, 0.05) is 25.2 Å². The SMILES string of the molecule is CCCC(CCOC(=O)C(F)(F)F)Nc1nc(N)nc2ccn(Cc3ccc(CN4CCCC4)cc3)c(=O)c12. The van der Waals surface area contributed by atoms with Crippen LogP contribution in [0, 0.1) is 0 Å². The summed E-state index contributed by atoms with van der Waals surface area (Å²) in [5.74, 6) is -2.09. The Morgan fingerprint density at radius 3 is 2.38 bits per heavy atom. The Labute approximate surface area is 224 Å². The number of rotatable bonds is 11. The summed E-state index contributed by atoms with van der Waals surface area (Å²) in [5.41, 5.74) is 8.09. The van der Waals surface area contributed by atoms with E-state index in [1.165, 1.54) is 18.4 Å². The van der Waals surface area contributed by atoms with Gasteiger partial charge in [-0.3, -0.25) is 9.69 Å². The average molecular weight is 547 g/mol. The summed E-state index contributed by atoms with van der Waals surface area (Å²) >= 11 is 0. The molecular formula is C27H33F3N6O3. The Balaban J connectivity index is 1.52. The van der Waals surface area contributed by atoms with Gasteiger partial charge in [0.1, 0.15) is 11.2 Å². The summed E-state index contributed by atoms with van der Waals surface area (Å²) in [6, 6.07) is 9.46. The number of esters is 1. The third-order valence-corrected chi connectivity index (χ3v) is 6.73. The molecule has 1 unspecified atom stereocenters. The molecule has 0 spiro atoms. The number of nitrogens with one attached hydrogen (secondary N) is 1. The Morgan fingerprint density at radius 1 is 1.08 bits per heavy atom. The number of nitrogens with two attached hydrogens (primary N) is 1. The molecule has 3 heterocycles. The number of alkyl halides is 3. The van der Waals surface area contributed by atoms with Gasteiger partial charge in [-0.2, -0.15) is 18.2 Å². The van der Waals surface area contributed by atoms with E-state index < -0.39 is 24.8 Å². The lowest BCUT2D eigenvalue weighted by Crippen LogP contribution is -2.29. The van der Waals surface area contributed by atoms with Crippen LogP contribution in [-0.2, 0) is 22.6 Å². The molecule has 1 saturated heterocycles. The standard InChI is InChI=1S/C27H33F3N6O3/c1-2-5-20(11-15-39-25(38)27(28,29)30)32-23-22-21(33-26(31)34-23)10-14-36(24(22)37)17-19-8-6-18(7-9-19)16-35-12-3-4-13-35/h6-10,14,20H,2-5,11-13,15-17H2,1H3,(H3,31,32,33,34). The number of fused-ring (bicyclic) bond motifs is 1. The van der Waals surface area contributed by atoms with Gasteiger partial charge >= 0.3 is 12.1 Å². The Bertz CT molecular complexity index is 1340. The van der Waals surface area contributed by atoms with Crippen LogP contribution >= 0.6 is 0 Å². The third kappa shape index (κ3) is 7.47. The van der Waals surface area contributed by atoms with Crippen molar-refractivity contribution in [3.63, 3.8) is 0 Å². The minimum absolute atomic E-state index is 0.0468. The van der Waals surface area contributed by atoms with E-state index in [2.05, 4.69) is 37.1 Å². The molecule has 210 valence electrons. The third-order valence-electron chi connectivity index (χ3n) is 6.73. The largest absolute Gasteiger partial charge is 0.490 e. The van der Waals surface area contributed by atoms with Crippen LogP contribution in [-0.4, -0.2) is 57.3 Å². The molecule has 1 atom stereocenters. The predicted molar refractivity (Wildman–Crippen MR) is 142 cm³/mol. The fourth-order valence-corrected chi connectivity index (χ4v) is 4.78. The molecule has 0 saturated carbocycles. The van der Waals surface area contributed by atoms with Gasteiger partial charge in [0.05, 0.1) is 18.7 Å². The number of hydrogen-bond acceptors (Lipinski definition) is 8. The van der Waals surface area contributed by atoms with Crippen molar-refractivity contribution in [2.24, 2.45) is 0 Å². The van der Waals surface area contributed by atoms with Crippen molar-refractivity contribution >= 4 is 28.6 Å². The van der Waals surface area contributed by atoms with Crippen LogP contribution in [0.3, 0.4) is 0 Å². The summed E-state index contributed by atoms with van der Waals surface area (Å²) in [6.07, 6.45) is 0.399. The van der Waals surface area contributed by atoms with Crippen molar-refractivity contribution in [3.05, 3.63) is 58.0 Å². The summed E-state index contributed by atoms with van der Waals surface area (Å²) in [4.78, 5) is 35.4. The smallest absolute Gasteiger partial charge is 0.459 e. The van der Waals surface area contributed by atoms with E-state index >= 15 is 0 Å². The maximum absolute atomic E-state index is 13.5. The summed E-state index contributed by atoms with van der Waals surface area (Å²) in [6.45, 7) is 4.97. The van der Waals surface area contributed by atoms with Gasteiger partial charge in [-0.25, -0.2) is 9.78 Å². The van der Waals surface area contributed by atoms with Crippen LogP contribution in [0.2, 0.25) is 0 Å². The highest BCUT2D eigenvalue weighted by atomic mass is 19.4. The Morgan fingerprint density at radius 2 is 1.74 bits per heavy atom. The van der Waals surface area contributed by atoms with Gasteiger partial charge in [0.2, 0.25) is 5.95 Å². The second-order valence-electron chi connectivity index (χ2n) is 9.79. The number of halogens is 3. The van der Waals surface area contributed by atoms with Gasteiger partial charge in [-0.1, -0.05) is 37.6 Å². The van der Waals surface area contributed by atoms with E-state index in [9.17, 15) is 22.8 Å². The minimum Gasteiger partial charge on any atom is -0.459 e. The van der Waals surface area contributed by atoms with Gasteiger partial charge in [0.25, 0.3) is 5.56 Å². The van der Waals surface area contributed by atoms with Crippen molar-refractivity contribution in [1.29, 1.82) is 0 Å². The van der Waals surface area contributed by atoms with E-state index in [-0.39, 0.29) is 29.1 Å². The number of anilines is 2.